The average Bonchev–Trinajstić information content (AvgIpc) is 3.10. The van der Waals surface area contributed by atoms with Crippen molar-refractivity contribution in [1.29, 1.82) is 0 Å². The summed E-state index contributed by atoms with van der Waals surface area (Å²) < 4.78 is 37.5. The molecule has 1 atom stereocenters. The van der Waals surface area contributed by atoms with Crippen LogP contribution in [0.25, 0.3) is 0 Å². The Hall–Kier alpha value is -1.56. The molecule has 3 rings (SSSR count). The minimum Gasteiger partial charge on any atom is -0.324 e. The van der Waals surface area contributed by atoms with E-state index in [1.54, 1.807) is 11.9 Å². The summed E-state index contributed by atoms with van der Waals surface area (Å²) >= 11 is 0. The van der Waals surface area contributed by atoms with Crippen molar-refractivity contribution < 1.29 is 18.0 Å². The highest BCUT2D eigenvalue weighted by Gasteiger charge is 2.58. The number of nitrogens with zero attached hydrogens (tertiary/aromatic N) is 1. The molecule has 1 saturated heterocycles. The van der Waals surface area contributed by atoms with Crippen LogP contribution in [0.15, 0.2) is 24.3 Å². The van der Waals surface area contributed by atoms with Crippen molar-refractivity contribution in [2.24, 2.45) is 0 Å². The second-order valence-electron chi connectivity index (χ2n) is 5.16. The summed E-state index contributed by atoms with van der Waals surface area (Å²) in [6.45, 7) is 0. The molecule has 1 saturated carbocycles. The standard InChI is InChI=1S/C13H13F3N2O/c1-18-10(17-12(6-7-12)11(18)19)8-2-4-9(5-3-8)13(14,15)16/h2-5,10,17H,6-7H2,1H3. The van der Waals surface area contributed by atoms with Crippen LogP contribution in [0, 0.1) is 0 Å². The Bertz CT molecular complexity index is 520. The van der Waals surface area contributed by atoms with Crippen molar-refractivity contribution in [2.75, 3.05) is 7.05 Å². The van der Waals surface area contributed by atoms with Gasteiger partial charge in [-0.2, -0.15) is 13.2 Å². The van der Waals surface area contributed by atoms with Gasteiger partial charge in [-0.1, -0.05) is 12.1 Å². The normalized spacial score (nSPS) is 25.2. The van der Waals surface area contributed by atoms with E-state index in [0.29, 0.717) is 5.56 Å². The molecule has 1 aromatic carbocycles. The molecular formula is C13H13F3N2O. The van der Waals surface area contributed by atoms with Gasteiger partial charge in [0, 0.05) is 7.05 Å². The van der Waals surface area contributed by atoms with Crippen LogP contribution in [-0.2, 0) is 11.0 Å². The summed E-state index contributed by atoms with van der Waals surface area (Å²) in [5, 5.41) is 3.21. The van der Waals surface area contributed by atoms with Gasteiger partial charge in [0.05, 0.1) is 5.56 Å². The van der Waals surface area contributed by atoms with E-state index in [1.807, 2.05) is 0 Å². The molecule has 1 N–H and O–H groups in total. The molecule has 1 unspecified atom stereocenters. The van der Waals surface area contributed by atoms with Gasteiger partial charge in [0.25, 0.3) is 0 Å². The molecule has 1 heterocycles. The molecule has 1 aliphatic heterocycles. The van der Waals surface area contributed by atoms with Crippen LogP contribution in [0.3, 0.4) is 0 Å². The molecule has 0 bridgehead atoms. The summed E-state index contributed by atoms with van der Waals surface area (Å²) in [6.07, 6.45) is -3.07. The molecule has 102 valence electrons. The van der Waals surface area contributed by atoms with Crippen molar-refractivity contribution >= 4 is 5.91 Å². The van der Waals surface area contributed by atoms with Gasteiger partial charge in [0.15, 0.2) is 0 Å². The Kier molecular flexibility index (Phi) is 2.44. The fraction of sp³-hybridized carbons (Fsp3) is 0.462. The third-order valence-corrected chi connectivity index (χ3v) is 3.83. The smallest absolute Gasteiger partial charge is 0.324 e. The summed E-state index contributed by atoms with van der Waals surface area (Å²) in [5.74, 6) is 0.0254. The SMILES string of the molecule is CN1C(=O)C2(CC2)NC1c1ccc(C(F)(F)F)cc1. The lowest BCUT2D eigenvalue weighted by Crippen LogP contribution is -2.30. The topological polar surface area (TPSA) is 32.3 Å². The highest BCUT2D eigenvalue weighted by Crippen LogP contribution is 2.45. The van der Waals surface area contributed by atoms with Crippen LogP contribution in [0.4, 0.5) is 13.2 Å². The van der Waals surface area contributed by atoms with Crippen LogP contribution in [0.2, 0.25) is 0 Å². The first kappa shape index (κ1) is 12.5. The first-order valence-electron chi connectivity index (χ1n) is 6.06. The van der Waals surface area contributed by atoms with E-state index in [-0.39, 0.29) is 12.1 Å². The monoisotopic (exact) mass is 270 g/mol. The molecule has 6 heteroatoms. The van der Waals surface area contributed by atoms with Gasteiger partial charge in [0.2, 0.25) is 5.91 Å². The number of hydrogen-bond donors (Lipinski definition) is 1. The van der Waals surface area contributed by atoms with Crippen LogP contribution in [0.1, 0.15) is 30.1 Å². The summed E-state index contributed by atoms with van der Waals surface area (Å²) in [7, 11) is 1.67. The lowest BCUT2D eigenvalue weighted by molar-refractivity contribution is -0.137. The zero-order chi connectivity index (χ0) is 13.8. The molecule has 0 aromatic heterocycles. The van der Waals surface area contributed by atoms with Gasteiger partial charge in [-0.15, -0.1) is 0 Å². The van der Waals surface area contributed by atoms with Crippen LogP contribution in [-0.4, -0.2) is 23.4 Å². The summed E-state index contributed by atoms with van der Waals surface area (Å²) in [6, 6.07) is 4.94. The third-order valence-electron chi connectivity index (χ3n) is 3.83. The Morgan fingerprint density at radius 2 is 1.84 bits per heavy atom. The maximum absolute atomic E-state index is 12.5. The van der Waals surface area contributed by atoms with Gasteiger partial charge in [-0.3, -0.25) is 10.1 Å². The number of carbonyl (C=O) groups excluding carboxylic acids is 1. The number of halogens is 3. The van der Waals surface area contributed by atoms with E-state index >= 15 is 0 Å². The Balaban J connectivity index is 1.86. The molecule has 2 fully saturated rings. The highest BCUT2D eigenvalue weighted by atomic mass is 19.4. The zero-order valence-corrected chi connectivity index (χ0v) is 10.3. The fourth-order valence-electron chi connectivity index (χ4n) is 2.52. The van der Waals surface area contributed by atoms with E-state index < -0.39 is 17.3 Å². The predicted octanol–water partition coefficient (Wildman–Crippen LogP) is 2.30. The second-order valence-corrected chi connectivity index (χ2v) is 5.16. The van der Waals surface area contributed by atoms with Crippen molar-refractivity contribution in [2.45, 2.75) is 30.7 Å². The fourth-order valence-corrected chi connectivity index (χ4v) is 2.52. The molecule has 0 radical (unpaired) electrons. The third kappa shape index (κ3) is 1.90. The molecule has 1 aromatic rings. The number of nitrogens with one attached hydrogen (secondary N) is 1. The second kappa shape index (κ2) is 3.72. The number of carbonyl (C=O) groups is 1. The van der Waals surface area contributed by atoms with Gasteiger partial charge in [-0.05, 0) is 30.5 Å². The Morgan fingerprint density at radius 1 is 1.26 bits per heavy atom. The van der Waals surface area contributed by atoms with Gasteiger partial charge in [-0.25, -0.2) is 0 Å². The van der Waals surface area contributed by atoms with Gasteiger partial charge in [0.1, 0.15) is 11.7 Å². The summed E-state index contributed by atoms with van der Waals surface area (Å²) in [5.41, 5.74) is -0.459. The molecule has 3 nitrogen and oxygen atoms in total. The maximum Gasteiger partial charge on any atom is 0.416 e. The lowest BCUT2D eigenvalue weighted by atomic mass is 10.1. The largest absolute Gasteiger partial charge is 0.416 e. The molecule has 1 amide bonds. The quantitative estimate of drug-likeness (QED) is 0.849. The van der Waals surface area contributed by atoms with E-state index in [0.717, 1.165) is 25.0 Å². The first-order valence-corrected chi connectivity index (χ1v) is 6.06. The van der Waals surface area contributed by atoms with Crippen LogP contribution >= 0.6 is 0 Å². The molecule has 19 heavy (non-hydrogen) atoms. The minimum absolute atomic E-state index is 0.0254. The van der Waals surface area contributed by atoms with Crippen molar-refractivity contribution in [3.8, 4) is 0 Å². The molecule has 1 spiro atoms. The van der Waals surface area contributed by atoms with E-state index in [2.05, 4.69) is 5.32 Å². The minimum atomic E-state index is -4.33. The van der Waals surface area contributed by atoms with Crippen molar-refractivity contribution in [3.05, 3.63) is 35.4 Å². The number of benzene rings is 1. The van der Waals surface area contributed by atoms with E-state index in [1.165, 1.54) is 12.1 Å². The maximum atomic E-state index is 12.5. The van der Waals surface area contributed by atoms with Gasteiger partial charge >= 0.3 is 6.18 Å². The van der Waals surface area contributed by atoms with Gasteiger partial charge < -0.3 is 4.90 Å². The molecule has 1 aliphatic carbocycles. The summed E-state index contributed by atoms with van der Waals surface area (Å²) in [4.78, 5) is 13.5. The number of rotatable bonds is 1. The van der Waals surface area contributed by atoms with Crippen LogP contribution in [0.5, 0.6) is 0 Å². The van der Waals surface area contributed by atoms with Crippen molar-refractivity contribution in [3.63, 3.8) is 0 Å². The highest BCUT2D eigenvalue weighted by molar-refractivity contribution is 5.91. The number of amides is 1. The number of hydrogen-bond acceptors (Lipinski definition) is 2. The molecule has 2 aliphatic rings. The van der Waals surface area contributed by atoms with Crippen molar-refractivity contribution in [1.82, 2.24) is 10.2 Å². The lowest BCUT2D eigenvalue weighted by Gasteiger charge is -2.20. The first-order chi connectivity index (χ1) is 8.83. The predicted molar refractivity (Wildman–Crippen MR) is 62.1 cm³/mol. The zero-order valence-electron chi connectivity index (χ0n) is 10.3. The number of alkyl halides is 3. The number of likely N-dealkylation sites (N-methyl/N-ethyl adjacent to an activating group) is 1. The Morgan fingerprint density at radius 3 is 2.26 bits per heavy atom. The van der Waals surface area contributed by atoms with E-state index in [9.17, 15) is 18.0 Å². The molecular weight excluding hydrogens is 257 g/mol. The Labute approximate surface area is 108 Å². The van der Waals surface area contributed by atoms with E-state index in [4.69, 9.17) is 0 Å². The van der Waals surface area contributed by atoms with Crippen LogP contribution < -0.4 is 5.32 Å². The average molecular weight is 270 g/mol.